The van der Waals surface area contributed by atoms with Gasteiger partial charge in [0.15, 0.2) is 0 Å². The monoisotopic (exact) mass is 764 g/mol. The van der Waals surface area contributed by atoms with E-state index >= 15 is 0 Å². The van der Waals surface area contributed by atoms with E-state index in [9.17, 15) is 0 Å². The summed E-state index contributed by atoms with van der Waals surface area (Å²) >= 11 is 0. The normalized spacial score (nSPS) is 11.3. The standard InChI is InChI=1S/C58H40N2/c1-5-18-41(19-6-1)45-32-36-56(53(38-45)43-20-7-2-8-21-43)60(48-34-35-52-51-29-15-16-31-55(51)59(58(52)40-48)47-26-11-4-12-27-47)57-37-33-46(39-54(57)44-22-9-3-10-23-44)50-30-17-25-42-24-13-14-28-49(42)50/h1-40H. The number of hydrogen-bond acceptors (Lipinski definition) is 1. The van der Waals surface area contributed by atoms with Gasteiger partial charge in [-0.3, -0.25) is 0 Å². The lowest BCUT2D eigenvalue weighted by molar-refractivity contribution is 1.18. The average molecular weight is 765 g/mol. The molecule has 60 heavy (non-hydrogen) atoms. The van der Waals surface area contributed by atoms with Crippen molar-refractivity contribution in [2.45, 2.75) is 0 Å². The van der Waals surface area contributed by atoms with Crippen molar-refractivity contribution in [3.8, 4) is 50.2 Å². The molecule has 0 spiro atoms. The third-order valence-electron chi connectivity index (χ3n) is 11.8. The Hall–Kier alpha value is -7.94. The molecule has 282 valence electrons. The Morgan fingerprint density at radius 3 is 1.48 bits per heavy atom. The minimum Gasteiger partial charge on any atom is -0.309 e. The van der Waals surface area contributed by atoms with Crippen LogP contribution in [0.3, 0.4) is 0 Å². The smallest absolute Gasteiger partial charge is 0.0561 e. The number of nitrogens with zero attached hydrogens (tertiary/aromatic N) is 2. The Morgan fingerprint density at radius 2 is 0.800 bits per heavy atom. The van der Waals surface area contributed by atoms with Crippen LogP contribution in [0.1, 0.15) is 0 Å². The molecule has 2 nitrogen and oxygen atoms in total. The van der Waals surface area contributed by atoms with Gasteiger partial charge in [-0.2, -0.15) is 0 Å². The van der Waals surface area contributed by atoms with Crippen molar-refractivity contribution in [3.63, 3.8) is 0 Å². The lowest BCUT2D eigenvalue weighted by Gasteiger charge is -2.31. The highest BCUT2D eigenvalue weighted by molar-refractivity contribution is 6.11. The van der Waals surface area contributed by atoms with E-state index in [1.54, 1.807) is 0 Å². The Balaban J connectivity index is 1.22. The summed E-state index contributed by atoms with van der Waals surface area (Å²) in [6, 6.07) is 88.1. The highest BCUT2D eigenvalue weighted by Crippen LogP contribution is 2.48. The molecule has 0 saturated carbocycles. The number of benzene rings is 10. The molecular formula is C58H40N2. The second-order valence-electron chi connectivity index (χ2n) is 15.3. The summed E-state index contributed by atoms with van der Waals surface area (Å²) in [4.78, 5) is 2.48. The highest BCUT2D eigenvalue weighted by atomic mass is 15.1. The molecule has 0 aliphatic carbocycles. The zero-order valence-corrected chi connectivity index (χ0v) is 33.0. The number of anilines is 3. The molecule has 0 fully saturated rings. The Morgan fingerprint density at radius 1 is 0.283 bits per heavy atom. The molecule has 2 heteroatoms. The summed E-state index contributed by atoms with van der Waals surface area (Å²) in [7, 11) is 0. The number of aromatic nitrogens is 1. The SMILES string of the molecule is c1ccc(-c2ccc(N(c3ccc4c5ccccc5n(-c5ccccc5)c4c3)c3ccc(-c4cccc5ccccc45)cc3-c3ccccc3)c(-c3ccccc3)c2)cc1. The van der Waals surface area contributed by atoms with Crippen LogP contribution in [-0.2, 0) is 0 Å². The van der Waals surface area contributed by atoms with Crippen LogP contribution in [0.15, 0.2) is 243 Å². The van der Waals surface area contributed by atoms with Gasteiger partial charge in [0, 0.05) is 33.3 Å². The molecule has 0 saturated heterocycles. The van der Waals surface area contributed by atoms with Crippen molar-refractivity contribution in [3.05, 3.63) is 243 Å². The van der Waals surface area contributed by atoms with Crippen molar-refractivity contribution < 1.29 is 0 Å². The Bertz CT molecular complexity index is 3290. The maximum absolute atomic E-state index is 2.48. The van der Waals surface area contributed by atoms with E-state index in [0.29, 0.717) is 0 Å². The first-order chi connectivity index (χ1) is 29.8. The predicted octanol–water partition coefficient (Wildman–Crippen LogP) is 16.1. The van der Waals surface area contributed by atoms with Crippen molar-refractivity contribution in [1.82, 2.24) is 4.57 Å². The molecule has 1 aromatic heterocycles. The predicted molar refractivity (Wildman–Crippen MR) is 255 cm³/mol. The second-order valence-corrected chi connectivity index (χ2v) is 15.3. The summed E-state index contributed by atoms with van der Waals surface area (Å²) in [6.45, 7) is 0. The van der Waals surface area contributed by atoms with Gasteiger partial charge in [0.2, 0.25) is 0 Å². The third-order valence-corrected chi connectivity index (χ3v) is 11.8. The molecule has 0 bridgehead atoms. The van der Waals surface area contributed by atoms with Gasteiger partial charge in [0.25, 0.3) is 0 Å². The van der Waals surface area contributed by atoms with E-state index in [0.717, 1.165) is 50.5 Å². The molecule has 1 heterocycles. The van der Waals surface area contributed by atoms with Gasteiger partial charge >= 0.3 is 0 Å². The Labute approximate surface area is 350 Å². The van der Waals surface area contributed by atoms with Gasteiger partial charge in [-0.15, -0.1) is 0 Å². The summed E-state index contributed by atoms with van der Waals surface area (Å²) in [5.41, 5.74) is 16.1. The molecule has 0 aliphatic heterocycles. The van der Waals surface area contributed by atoms with Crippen molar-refractivity contribution in [2.24, 2.45) is 0 Å². The zero-order valence-electron chi connectivity index (χ0n) is 33.0. The molecule has 0 radical (unpaired) electrons. The summed E-state index contributed by atoms with van der Waals surface area (Å²) in [5.74, 6) is 0. The van der Waals surface area contributed by atoms with E-state index in [1.165, 1.54) is 49.3 Å². The first-order valence-corrected chi connectivity index (χ1v) is 20.6. The van der Waals surface area contributed by atoms with Gasteiger partial charge in [0.05, 0.1) is 22.4 Å². The van der Waals surface area contributed by atoms with Gasteiger partial charge in [0.1, 0.15) is 0 Å². The maximum Gasteiger partial charge on any atom is 0.0561 e. The maximum atomic E-state index is 2.48. The Kier molecular flexibility index (Phi) is 8.87. The molecular weight excluding hydrogens is 725 g/mol. The topological polar surface area (TPSA) is 8.17 Å². The number of para-hydroxylation sites is 2. The summed E-state index contributed by atoms with van der Waals surface area (Å²) in [5, 5.41) is 4.92. The second kappa shape index (κ2) is 15.1. The van der Waals surface area contributed by atoms with E-state index in [2.05, 4.69) is 252 Å². The van der Waals surface area contributed by atoms with Crippen molar-refractivity contribution >= 4 is 49.6 Å². The van der Waals surface area contributed by atoms with Gasteiger partial charge in [-0.25, -0.2) is 0 Å². The largest absolute Gasteiger partial charge is 0.309 e. The molecule has 0 amide bonds. The molecule has 0 atom stereocenters. The molecule has 0 N–H and O–H groups in total. The average Bonchev–Trinajstić information content (AvgIpc) is 3.66. The molecule has 11 aromatic rings. The van der Waals surface area contributed by atoms with Gasteiger partial charge < -0.3 is 9.47 Å². The van der Waals surface area contributed by atoms with Crippen LogP contribution >= 0.6 is 0 Å². The van der Waals surface area contributed by atoms with Crippen LogP contribution in [0.2, 0.25) is 0 Å². The van der Waals surface area contributed by atoms with Crippen molar-refractivity contribution in [1.29, 1.82) is 0 Å². The molecule has 0 aliphatic rings. The van der Waals surface area contributed by atoms with E-state index < -0.39 is 0 Å². The lowest BCUT2D eigenvalue weighted by Crippen LogP contribution is -2.13. The minimum atomic E-state index is 1.07. The van der Waals surface area contributed by atoms with E-state index in [-0.39, 0.29) is 0 Å². The fourth-order valence-electron chi connectivity index (χ4n) is 8.98. The first kappa shape index (κ1) is 35.2. The lowest BCUT2D eigenvalue weighted by atomic mass is 9.92. The van der Waals surface area contributed by atoms with E-state index in [1.807, 2.05) is 0 Å². The fraction of sp³-hybridized carbons (Fsp3) is 0. The number of rotatable bonds is 8. The van der Waals surface area contributed by atoms with Gasteiger partial charge in [-0.1, -0.05) is 188 Å². The zero-order chi connectivity index (χ0) is 39.8. The highest BCUT2D eigenvalue weighted by Gasteiger charge is 2.24. The van der Waals surface area contributed by atoms with Crippen LogP contribution in [0.25, 0.3) is 82.8 Å². The van der Waals surface area contributed by atoms with Crippen LogP contribution in [0, 0.1) is 0 Å². The van der Waals surface area contributed by atoms with Gasteiger partial charge in [-0.05, 0) is 98.8 Å². The molecule has 10 aromatic carbocycles. The van der Waals surface area contributed by atoms with E-state index in [4.69, 9.17) is 0 Å². The fourth-order valence-corrected chi connectivity index (χ4v) is 8.98. The first-order valence-electron chi connectivity index (χ1n) is 20.6. The van der Waals surface area contributed by atoms with Crippen LogP contribution in [0.5, 0.6) is 0 Å². The van der Waals surface area contributed by atoms with Crippen LogP contribution in [-0.4, -0.2) is 4.57 Å². The number of hydrogen-bond donors (Lipinski definition) is 0. The minimum absolute atomic E-state index is 1.07. The summed E-state index contributed by atoms with van der Waals surface area (Å²) < 4.78 is 2.41. The summed E-state index contributed by atoms with van der Waals surface area (Å²) in [6.07, 6.45) is 0. The quantitative estimate of drug-likeness (QED) is 0.150. The van der Waals surface area contributed by atoms with Crippen LogP contribution in [0.4, 0.5) is 17.1 Å². The molecule has 11 rings (SSSR count). The molecule has 0 unspecified atom stereocenters. The van der Waals surface area contributed by atoms with Crippen LogP contribution < -0.4 is 4.90 Å². The third kappa shape index (κ3) is 6.23. The number of fused-ring (bicyclic) bond motifs is 4. The van der Waals surface area contributed by atoms with Crippen molar-refractivity contribution in [2.75, 3.05) is 4.90 Å².